The monoisotopic (exact) mass is 451 g/mol. The van der Waals surface area contributed by atoms with Crippen molar-refractivity contribution < 1.29 is 29.0 Å². The first-order valence-corrected chi connectivity index (χ1v) is 10.4. The van der Waals surface area contributed by atoms with Crippen molar-refractivity contribution in [1.29, 1.82) is 0 Å². The molecule has 0 aliphatic rings. The molecule has 0 aliphatic heterocycles. The van der Waals surface area contributed by atoms with E-state index in [1.54, 1.807) is 18.2 Å². The maximum Gasteiger partial charge on any atom is 0.325 e. The first-order valence-electron chi connectivity index (χ1n) is 10.4. The average molecular weight is 451 g/mol. The van der Waals surface area contributed by atoms with Crippen LogP contribution in [0.2, 0.25) is 0 Å². The van der Waals surface area contributed by atoms with Gasteiger partial charge in [-0.2, -0.15) is 0 Å². The van der Waals surface area contributed by atoms with Gasteiger partial charge in [0.1, 0.15) is 11.8 Å². The van der Waals surface area contributed by atoms with Gasteiger partial charge < -0.3 is 25.5 Å². The lowest BCUT2D eigenvalue weighted by atomic mass is 10.0. The Hall–Kier alpha value is -4.14. The third-order valence-electron chi connectivity index (χ3n) is 5.24. The molecule has 9 nitrogen and oxygen atoms in total. The van der Waals surface area contributed by atoms with Gasteiger partial charge in [0.25, 0.3) is 17.6 Å². The highest BCUT2D eigenvalue weighted by molar-refractivity contribution is 6.45. The van der Waals surface area contributed by atoms with E-state index < -0.39 is 36.2 Å². The third-order valence-corrected chi connectivity index (χ3v) is 5.24. The van der Waals surface area contributed by atoms with Crippen LogP contribution >= 0.6 is 0 Å². The second-order valence-corrected chi connectivity index (χ2v) is 7.51. The quantitative estimate of drug-likeness (QED) is 0.318. The van der Waals surface area contributed by atoms with Crippen LogP contribution in [0.5, 0.6) is 5.75 Å². The van der Waals surface area contributed by atoms with E-state index in [4.69, 9.17) is 15.6 Å². The SMILES string of the molecule is CCc1c(C(=O)C(N)=O)c2c(OCC(=O)NC(C)C(=O)O)cccc2n1Cc1ccccc1. The van der Waals surface area contributed by atoms with E-state index in [2.05, 4.69) is 5.32 Å². The van der Waals surface area contributed by atoms with Gasteiger partial charge in [-0.3, -0.25) is 19.2 Å². The lowest BCUT2D eigenvalue weighted by Gasteiger charge is -2.12. The van der Waals surface area contributed by atoms with E-state index in [0.29, 0.717) is 29.6 Å². The zero-order valence-electron chi connectivity index (χ0n) is 18.3. The van der Waals surface area contributed by atoms with E-state index >= 15 is 0 Å². The molecule has 172 valence electrons. The number of ketones is 1. The number of nitrogens with one attached hydrogen (secondary N) is 1. The first kappa shape index (κ1) is 23.5. The van der Waals surface area contributed by atoms with Gasteiger partial charge in [-0.15, -0.1) is 0 Å². The number of rotatable bonds is 10. The molecular weight excluding hydrogens is 426 g/mol. The smallest absolute Gasteiger partial charge is 0.325 e. The largest absolute Gasteiger partial charge is 0.483 e. The standard InChI is InChI=1S/C24H25N3O6/c1-3-16-21(22(29)23(25)30)20-17(27(16)12-15-8-5-4-6-9-15)10-7-11-18(20)33-13-19(28)26-14(2)24(31)32/h4-11,14H,3,12-13H2,1-2H3,(H2,25,30)(H,26,28)(H,31,32). The fourth-order valence-corrected chi connectivity index (χ4v) is 3.71. The van der Waals surface area contributed by atoms with Crippen molar-refractivity contribution in [2.45, 2.75) is 32.9 Å². The molecule has 0 saturated carbocycles. The number of carboxylic acids is 1. The molecule has 3 aromatic rings. The fourth-order valence-electron chi connectivity index (χ4n) is 3.71. The number of aliphatic carboxylic acids is 1. The summed E-state index contributed by atoms with van der Waals surface area (Å²) in [6.45, 7) is 3.19. The van der Waals surface area contributed by atoms with Gasteiger partial charge in [0.05, 0.1) is 16.5 Å². The van der Waals surface area contributed by atoms with Gasteiger partial charge >= 0.3 is 5.97 Å². The number of carbonyl (C=O) groups is 4. The highest BCUT2D eigenvalue weighted by atomic mass is 16.5. The summed E-state index contributed by atoms with van der Waals surface area (Å²) >= 11 is 0. The van der Waals surface area contributed by atoms with Crippen molar-refractivity contribution in [2.24, 2.45) is 5.73 Å². The molecule has 2 amide bonds. The van der Waals surface area contributed by atoms with Crippen molar-refractivity contribution in [3.8, 4) is 5.75 Å². The van der Waals surface area contributed by atoms with Crippen molar-refractivity contribution >= 4 is 34.5 Å². The number of carboxylic acid groups (broad SMARTS) is 1. The number of aromatic nitrogens is 1. The molecule has 2 aromatic carbocycles. The summed E-state index contributed by atoms with van der Waals surface area (Å²) in [6, 6.07) is 13.7. The average Bonchev–Trinajstić information content (AvgIpc) is 3.11. The number of ether oxygens (including phenoxy) is 1. The minimum Gasteiger partial charge on any atom is -0.483 e. The molecule has 0 radical (unpaired) electrons. The molecule has 3 rings (SSSR count). The minimum atomic E-state index is -1.18. The Morgan fingerprint density at radius 1 is 1.09 bits per heavy atom. The van der Waals surface area contributed by atoms with Crippen molar-refractivity contribution in [3.05, 3.63) is 65.4 Å². The van der Waals surface area contributed by atoms with Crippen LogP contribution in [-0.2, 0) is 27.3 Å². The number of benzene rings is 2. The molecule has 1 unspecified atom stereocenters. The Balaban J connectivity index is 2.08. The molecule has 1 aromatic heterocycles. The second-order valence-electron chi connectivity index (χ2n) is 7.51. The Labute approximate surface area is 190 Å². The van der Waals surface area contributed by atoms with Gasteiger partial charge in [-0.1, -0.05) is 43.3 Å². The maximum atomic E-state index is 12.8. The number of carbonyl (C=O) groups excluding carboxylic acids is 3. The van der Waals surface area contributed by atoms with Crippen LogP contribution in [0.3, 0.4) is 0 Å². The van der Waals surface area contributed by atoms with Gasteiger partial charge in [-0.25, -0.2) is 0 Å². The number of fused-ring (bicyclic) bond motifs is 1. The molecule has 0 fully saturated rings. The van der Waals surface area contributed by atoms with Crippen molar-refractivity contribution in [1.82, 2.24) is 9.88 Å². The number of nitrogens with two attached hydrogens (primary N) is 1. The summed E-state index contributed by atoms with van der Waals surface area (Å²) in [6.07, 6.45) is 0.450. The first-order chi connectivity index (χ1) is 15.7. The lowest BCUT2D eigenvalue weighted by molar-refractivity contribution is -0.141. The molecule has 9 heteroatoms. The summed E-state index contributed by atoms with van der Waals surface area (Å²) in [4.78, 5) is 47.7. The number of primary amides is 1. The van der Waals surface area contributed by atoms with E-state index in [1.165, 1.54) is 6.92 Å². The number of amides is 2. The molecule has 4 N–H and O–H groups in total. The maximum absolute atomic E-state index is 12.8. The van der Waals surface area contributed by atoms with E-state index in [9.17, 15) is 19.2 Å². The molecule has 0 aliphatic carbocycles. The topological polar surface area (TPSA) is 141 Å². The fraction of sp³-hybridized carbons (Fsp3) is 0.250. The summed E-state index contributed by atoms with van der Waals surface area (Å²) in [7, 11) is 0. The van der Waals surface area contributed by atoms with Gasteiger partial charge in [0, 0.05) is 12.2 Å². The Morgan fingerprint density at radius 2 is 1.79 bits per heavy atom. The Morgan fingerprint density at radius 3 is 2.39 bits per heavy atom. The number of Topliss-reactive ketones (excluding diaryl/α,β-unsaturated/α-hetero) is 1. The molecule has 33 heavy (non-hydrogen) atoms. The molecule has 1 atom stereocenters. The van der Waals surface area contributed by atoms with Gasteiger partial charge in [0.15, 0.2) is 6.61 Å². The van der Waals surface area contributed by atoms with Crippen LogP contribution in [0.1, 0.15) is 35.5 Å². The predicted molar refractivity (Wildman–Crippen MR) is 121 cm³/mol. The van der Waals surface area contributed by atoms with Crippen molar-refractivity contribution in [3.63, 3.8) is 0 Å². The normalized spacial score (nSPS) is 11.7. The number of nitrogens with zero attached hydrogens (tertiary/aromatic N) is 1. The second kappa shape index (κ2) is 9.99. The minimum absolute atomic E-state index is 0.144. The third kappa shape index (κ3) is 5.03. The van der Waals surface area contributed by atoms with Crippen molar-refractivity contribution in [2.75, 3.05) is 6.61 Å². The number of hydrogen-bond acceptors (Lipinski definition) is 5. The van der Waals surface area contributed by atoms with Crippen LogP contribution in [0.15, 0.2) is 48.5 Å². The Bertz CT molecular complexity index is 1220. The lowest BCUT2D eigenvalue weighted by Crippen LogP contribution is -2.40. The zero-order valence-corrected chi connectivity index (χ0v) is 18.3. The van der Waals surface area contributed by atoms with Crippen LogP contribution in [0.25, 0.3) is 10.9 Å². The molecule has 0 spiro atoms. The Kier molecular flexibility index (Phi) is 7.12. The molecule has 0 saturated heterocycles. The van der Waals surface area contributed by atoms with Crippen LogP contribution in [-0.4, -0.2) is 45.9 Å². The predicted octanol–water partition coefficient (Wildman–Crippen LogP) is 1.89. The van der Waals surface area contributed by atoms with E-state index in [-0.39, 0.29) is 11.3 Å². The highest BCUT2D eigenvalue weighted by Crippen LogP contribution is 2.35. The molecule has 0 bridgehead atoms. The summed E-state index contributed by atoms with van der Waals surface area (Å²) in [5, 5.41) is 11.6. The summed E-state index contributed by atoms with van der Waals surface area (Å²) in [5.74, 6) is -3.53. The zero-order chi connectivity index (χ0) is 24.1. The summed E-state index contributed by atoms with van der Waals surface area (Å²) < 4.78 is 7.60. The van der Waals surface area contributed by atoms with Crippen LogP contribution in [0.4, 0.5) is 0 Å². The molecular formula is C24H25N3O6. The molecule has 1 heterocycles. The van der Waals surface area contributed by atoms with E-state index in [0.717, 1.165) is 5.56 Å². The highest BCUT2D eigenvalue weighted by Gasteiger charge is 2.27. The van der Waals surface area contributed by atoms with E-state index in [1.807, 2.05) is 41.8 Å². The van der Waals surface area contributed by atoms with Gasteiger partial charge in [0.2, 0.25) is 0 Å². The van der Waals surface area contributed by atoms with Crippen LogP contribution in [0, 0.1) is 0 Å². The van der Waals surface area contributed by atoms with Crippen LogP contribution < -0.4 is 15.8 Å². The van der Waals surface area contributed by atoms with Gasteiger partial charge in [-0.05, 0) is 31.0 Å². The number of hydrogen-bond donors (Lipinski definition) is 3. The summed E-state index contributed by atoms with van der Waals surface area (Å²) in [5.41, 5.74) is 7.75.